The lowest BCUT2D eigenvalue weighted by Gasteiger charge is -2.03. The van der Waals surface area contributed by atoms with Crippen LogP contribution in [0.1, 0.15) is 30.5 Å². The Bertz CT molecular complexity index is 558. The fraction of sp³-hybridized carbons (Fsp3) is 0.143. The second kappa shape index (κ2) is 5.60. The van der Waals surface area contributed by atoms with Crippen molar-refractivity contribution >= 4 is 23.6 Å². The largest absolute Gasteiger partial charge is 0.457 e. The van der Waals surface area contributed by atoms with Gasteiger partial charge in [0, 0.05) is 0 Å². The average Bonchev–Trinajstić information content (AvgIpc) is 2.78. The summed E-state index contributed by atoms with van der Waals surface area (Å²) in [4.78, 5) is 23.5. The van der Waals surface area contributed by atoms with Gasteiger partial charge in [0.15, 0.2) is 6.29 Å². The van der Waals surface area contributed by atoms with E-state index in [1.165, 1.54) is 0 Å². The van der Waals surface area contributed by atoms with E-state index >= 15 is 0 Å². The Morgan fingerprint density at radius 2 is 2.06 bits per heavy atom. The van der Waals surface area contributed by atoms with Crippen LogP contribution >= 0.6 is 11.3 Å². The first kappa shape index (κ1) is 12.5. The monoisotopic (exact) mass is 260 g/mol. The van der Waals surface area contributed by atoms with Gasteiger partial charge in [0.2, 0.25) is 0 Å². The van der Waals surface area contributed by atoms with Crippen molar-refractivity contribution in [3.8, 4) is 0 Å². The zero-order chi connectivity index (χ0) is 13.0. The van der Waals surface area contributed by atoms with E-state index in [9.17, 15) is 9.59 Å². The molecule has 0 unspecified atom stereocenters. The first-order chi connectivity index (χ1) is 8.70. The Balaban J connectivity index is 2.03. The molecule has 0 saturated carbocycles. The predicted octanol–water partition coefficient (Wildman–Crippen LogP) is 3.23. The Morgan fingerprint density at radius 3 is 2.67 bits per heavy atom. The third kappa shape index (κ3) is 2.84. The zero-order valence-corrected chi connectivity index (χ0v) is 10.7. The van der Waals surface area contributed by atoms with E-state index in [0.717, 1.165) is 28.7 Å². The highest BCUT2D eigenvalue weighted by atomic mass is 32.1. The molecule has 0 aliphatic rings. The summed E-state index contributed by atoms with van der Waals surface area (Å²) >= 11 is 1.16. The predicted molar refractivity (Wildman–Crippen MR) is 70.0 cm³/mol. The van der Waals surface area contributed by atoms with Gasteiger partial charge in [0.25, 0.3) is 0 Å². The van der Waals surface area contributed by atoms with Gasteiger partial charge in [-0.2, -0.15) is 0 Å². The molecule has 0 saturated heterocycles. The standard InChI is InChI=1S/C14H12O3S/c1-10-7-12(8-15)18-13(10)14(16)17-9-11-5-3-2-4-6-11/h2-8H,9H2,1H3. The molecule has 0 atom stereocenters. The maximum Gasteiger partial charge on any atom is 0.348 e. The number of rotatable bonds is 4. The number of carbonyl (C=O) groups is 2. The molecule has 1 heterocycles. The van der Waals surface area contributed by atoms with Crippen molar-refractivity contribution in [3.63, 3.8) is 0 Å². The van der Waals surface area contributed by atoms with Crippen molar-refractivity contribution < 1.29 is 14.3 Å². The fourth-order valence-corrected chi connectivity index (χ4v) is 2.44. The van der Waals surface area contributed by atoms with Crippen LogP contribution in [-0.2, 0) is 11.3 Å². The van der Waals surface area contributed by atoms with Crippen LogP contribution in [0.5, 0.6) is 0 Å². The van der Waals surface area contributed by atoms with Crippen LogP contribution in [0.2, 0.25) is 0 Å². The third-order valence-corrected chi connectivity index (χ3v) is 3.59. The van der Waals surface area contributed by atoms with Crippen molar-refractivity contribution in [2.75, 3.05) is 0 Å². The number of aryl methyl sites for hydroxylation is 1. The smallest absolute Gasteiger partial charge is 0.348 e. The Labute approximate surface area is 109 Å². The second-order valence-corrected chi connectivity index (χ2v) is 4.92. The highest BCUT2D eigenvalue weighted by Gasteiger charge is 2.14. The minimum absolute atomic E-state index is 0.243. The summed E-state index contributed by atoms with van der Waals surface area (Å²) in [5, 5.41) is 0. The van der Waals surface area contributed by atoms with Gasteiger partial charge in [-0.05, 0) is 24.1 Å². The van der Waals surface area contributed by atoms with Gasteiger partial charge in [-0.15, -0.1) is 11.3 Å². The summed E-state index contributed by atoms with van der Waals surface area (Å²) < 4.78 is 5.21. The molecule has 2 aromatic rings. The summed E-state index contributed by atoms with van der Waals surface area (Å²) in [7, 11) is 0. The average molecular weight is 260 g/mol. The van der Waals surface area contributed by atoms with Crippen LogP contribution in [0, 0.1) is 6.92 Å². The summed E-state index contributed by atoms with van der Waals surface area (Å²) in [6, 6.07) is 11.2. The second-order valence-electron chi connectivity index (χ2n) is 3.84. The topological polar surface area (TPSA) is 43.4 Å². The molecule has 0 N–H and O–H groups in total. The molecule has 18 heavy (non-hydrogen) atoms. The van der Waals surface area contributed by atoms with Gasteiger partial charge in [-0.3, -0.25) is 4.79 Å². The van der Waals surface area contributed by atoms with E-state index in [0.29, 0.717) is 9.75 Å². The van der Waals surface area contributed by atoms with E-state index in [2.05, 4.69) is 0 Å². The van der Waals surface area contributed by atoms with E-state index in [-0.39, 0.29) is 12.6 Å². The van der Waals surface area contributed by atoms with Crippen LogP contribution in [0.3, 0.4) is 0 Å². The number of carbonyl (C=O) groups excluding carboxylic acids is 2. The minimum Gasteiger partial charge on any atom is -0.457 e. The van der Waals surface area contributed by atoms with Crippen LogP contribution in [0.25, 0.3) is 0 Å². The van der Waals surface area contributed by atoms with Crippen LogP contribution in [-0.4, -0.2) is 12.3 Å². The molecular weight excluding hydrogens is 248 g/mol. The van der Waals surface area contributed by atoms with Crippen LogP contribution in [0.4, 0.5) is 0 Å². The molecule has 92 valence electrons. The number of thiophene rings is 1. The first-order valence-electron chi connectivity index (χ1n) is 5.47. The molecule has 0 amide bonds. The van der Waals surface area contributed by atoms with E-state index in [1.54, 1.807) is 13.0 Å². The number of benzene rings is 1. The molecule has 0 spiro atoms. The molecule has 1 aromatic heterocycles. The molecule has 3 nitrogen and oxygen atoms in total. The summed E-state index contributed by atoms with van der Waals surface area (Å²) in [6.45, 7) is 2.04. The maximum absolute atomic E-state index is 11.8. The lowest BCUT2D eigenvalue weighted by molar-refractivity contribution is 0.0478. The Kier molecular flexibility index (Phi) is 3.89. The lowest BCUT2D eigenvalue weighted by Crippen LogP contribution is -2.04. The number of esters is 1. The Morgan fingerprint density at radius 1 is 1.33 bits per heavy atom. The first-order valence-corrected chi connectivity index (χ1v) is 6.29. The number of ether oxygens (including phenoxy) is 1. The molecule has 0 fully saturated rings. The molecule has 0 aliphatic heterocycles. The highest BCUT2D eigenvalue weighted by Crippen LogP contribution is 2.21. The van der Waals surface area contributed by atoms with E-state index in [4.69, 9.17) is 4.74 Å². The summed E-state index contributed by atoms with van der Waals surface area (Å²) in [5.74, 6) is -0.380. The molecule has 0 radical (unpaired) electrons. The maximum atomic E-state index is 11.8. The highest BCUT2D eigenvalue weighted by molar-refractivity contribution is 7.15. The third-order valence-electron chi connectivity index (χ3n) is 2.45. The van der Waals surface area contributed by atoms with Crippen molar-refractivity contribution in [1.82, 2.24) is 0 Å². The quantitative estimate of drug-likeness (QED) is 0.626. The van der Waals surface area contributed by atoms with Gasteiger partial charge in [0.1, 0.15) is 11.5 Å². The zero-order valence-electron chi connectivity index (χ0n) is 9.88. The molecule has 2 rings (SSSR count). The normalized spacial score (nSPS) is 10.1. The van der Waals surface area contributed by atoms with Crippen molar-refractivity contribution in [3.05, 3.63) is 57.3 Å². The molecule has 1 aromatic carbocycles. The molecule has 0 bridgehead atoms. The van der Waals surface area contributed by atoms with E-state index in [1.807, 2.05) is 30.3 Å². The molecular formula is C14H12O3S. The van der Waals surface area contributed by atoms with E-state index < -0.39 is 0 Å². The molecule has 4 heteroatoms. The lowest BCUT2D eigenvalue weighted by atomic mass is 10.2. The minimum atomic E-state index is -0.380. The van der Waals surface area contributed by atoms with Crippen LogP contribution < -0.4 is 0 Å². The summed E-state index contributed by atoms with van der Waals surface area (Å²) in [5.41, 5.74) is 1.72. The van der Waals surface area contributed by atoms with Gasteiger partial charge in [0.05, 0.1) is 4.88 Å². The molecule has 0 aliphatic carbocycles. The van der Waals surface area contributed by atoms with Crippen LogP contribution in [0.15, 0.2) is 36.4 Å². The van der Waals surface area contributed by atoms with Gasteiger partial charge in [-0.1, -0.05) is 30.3 Å². The SMILES string of the molecule is Cc1cc(C=O)sc1C(=O)OCc1ccccc1. The summed E-state index contributed by atoms with van der Waals surface area (Å²) in [6.07, 6.45) is 0.742. The number of hydrogen-bond donors (Lipinski definition) is 0. The van der Waals surface area contributed by atoms with Gasteiger partial charge < -0.3 is 4.74 Å². The Hall–Kier alpha value is -1.94. The van der Waals surface area contributed by atoms with Crippen molar-refractivity contribution in [2.45, 2.75) is 13.5 Å². The van der Waals surface area contributed by atoms with Gasteiger partial charge in [-0.25, -0.2) is 4.79 Å². The fourth-order valence-electron chi connectivity index (χ4n) is 1.56. The van der Waals surface area contributed by atoms with Gasteiger partial charge >= 0.3 is 5.97 Å². The number of hydrogen-bond acceptors (Lipinski definition) is 4. The van der Waals surface area contributed by atoms with Crippen molar-refractivity contribution in [1.29, 1.82) is 0 Å². The number of aldehydes is 1. The van der Waals surface area contributed by atoms with Crippen molar-refractivity contribution in [2.24, 2.45) is 0 Å².